The van der Waals surface area contributed by atoms with Crippen LogP contribution in [0, 0.1) is 5.92 Å². The largest absolute Gasteiger partial charge is 0.496 e. The van der Waals surface area contributed by atoms with E-state index in [0.29, 0.717) is 12.0 Å². The molecule has 2 fully saturated rings. The van der Waals surface area contributed by atoms with Crippen LogP contribution in [0.5, 0.6) is 5.75 Å². The molecule has 0 radical (unpaired) electrons. The zero-order chi connectivity index (χ0) is 14.1. The van der Waals surface area contributed by atoms with Crippen LogP contribution >= 0.6 is 15.9 Å². The first-order chi connectivity index (χ1) is 9.69. The molecule has 0 bridgehead atoms. The third-order valence-electron chi connectivity index (χ3n) is 4.29. The second kappa shape index (κ2) is 5.74. The Bertz CT molecular complexity index is 507. The van der Waals surface area contributed by atoms with Gasteiger partial charge in [-0.15, -0.1) is 0 Å². The van der Waals surface area contributed by atoms with Crippen LogP contribution in [0.1, 0.15) is 23.2 Å². The van der Waals surface area contributed by atoms with Crippen LogP contribution in [0.25, 0.3) is 0 Å². The summed E-state index contributed by atoms with van der Waals surface area (Å²) in [7, 11) is 1.62. The zero-order valence-corrected chi connectivity index (χ0v) is 13.1. The molecule has 108 valence electrons. The highest BCUT2D eigenvalue weighted by atomic mass is 79.9. The van der Waals surface area contributed by atoms with Crippen LogP contribution in [0.2, 0.25) is 0 Å². The minimum absolute atomic E-state index is 0.115. The van der Waals surface area contributed by atoms with Gasteiger partial charge in [-0.25, -0.2) is 0 Å². The molecule has 2 aliphatic rings. The predicted molar refractivity (Wildman–Crippen MR) is 81.1 cm³/mol. The third-order valence-corrected chi connectivity index (χ3v) is 4.90. The molecule has 2 saturated heterocycles. The number of likely N-dealkylation sites (tertiary alicyclic amines) is 1. The van der Waals surface area contributed by atoms with Gasteiger partial charge in [0.05, 0.1) is 11.6 Å². The summed E-state index contributed by atoms with van der Waals surface area (Å²) in [5.74, 6) is 1.48. The fourth-order valence-corrected chi connectivity index (χ4v) is 3.74. The number of amides is 1. The molecular formula is C15H19BrN2O2. The van der Waals surface area contributed by atoms with Crippen molar-refractivity contribution in [2.45, 2.75) is 18.9 Å². The SMILES string of the molecule is COc1ccc(C(=O)N2C[C@@H]3CCCN[C@@H]3C2)cc1Br. The summed E-state index contributed by atoms with van der Waals surface area (Å²) in [5, 5.41) is 3.52. The van der Waals surface area contributed by atoms with Crippen LogP contribution < -0.4 is 10.1 Å². The number of nitrogens with zero attached hydrogens (tertiary/aromatic N) is 1. The van der Waals surface area contributed by atoms with Crippen LogP contribution in [0.15, 0.2) is 22.7 Å². The molecular weight excluding hydrogens is 320 g/mol. The highest BCUT2D eigenvalue weighted by molar-refractivity contribution is 9.10. The van der Waals surface area contributed by atoms with Gasteiger partial charge in [0.15, 0.2) is 0 Å². The van der Waals surface area contributed by atoms with Gasteiger partial charge in [-0.2, -0.15) is 0 Å². The number of hydrogen-bond acceptors (Lipinski definition) is 3. The number of fused-ring (bicyclic) bond motifs is 1. The van der Waals surface area contributed by atoms with Crippen molar-refractivity contribution >= 4 is 21.8 Å². The third kappa shape index (κ3) is 2.56. The van der Waals surface area contributed by atoms with Crippen molar-refractivity contribution in [1.29, 1.82) is 0 Å². The monoisotopic (exact) mass is 338 g/mol. The number of halogens is 1. The van der Waals surface area contributed by atoms with Gasteiger partial charge in [-0.1, -0.05) is 0 Å². The van der Waals surface area contributed by atoms with Crippen molar-refractivity contribution < 1.29 is 9.53 Å². The Morgan fingerprint density at radius 2 is 2.30 bits per heavy atom. The molecule has 20 heavy (non-hydrogen) atoms. The van der Waals surface area contributed by atoms with Crippen molar-refractivity contribution in [2.24, 2.45) is 5.92 Å². The van der Waals surface area contributed by atoms with Gasteiger partial charge in [0.2, 0.25) is 0 Å². The summed E-state index contributed by atoms with van der Waals surface area (Å²) in [4.78, 5) is 14.6. The number of hydrogen-bond donors (Lipinski definition) is 1. The maximum absolute atomic E-state index is 12.6. The summed E-state index contributed by atoms with van der Waals surface area (Å²) >= 11 is 3.44. The van der Waals surface area contributed by atoms with Crippen molar-refractivity contribution in [3.63, 3.8) is 0 Å². The minimum Gasteiger partial charge on any atom is -0.496 e. The molecule has 0 spiro atoms. The fraction of sp³-hybridized carbons (Fsp3) is 0.533. The van der Waals surface area contributed by atoms with E-state index in [1.165, 1.54) is 12.8 Å². The van der Waals surface area contributed by atoms with Crippen molar-refractivity contribution in [3.8, 4) is 5.75 Å². The summed E-state index contributed by atoms with van der Waals surface area (Å²) in [6.45, 7) is 2.78. The maximum atomic E-state index is 12.6. The average Bonchev–Trinajstić information content (AvgIpc) is 2.90. The van der Waals surface area contributed by atoms with E-state index < -0.39 is 0 Å². The number of methoxy groups -OCH3 is 1. The van der Waals surface area contributed by atoms with E-state index in [-0.39, 0.29) is 5.91 Å². The Morgan fingerprint density at radius 1 is 1.45 bits per heavy atom. The Balaban J connectivity index is 1.74. The lowest BCUT2D eigenvalue weighted by Gasteiger charge is -2.24. The molecule has 2 aliphatic heterocycles. The molecule has 1 amide bonds. The van der Waals surface area contributed by atoms with E-state index in [2.05, 4.69) is 21.2 Å². The Labute approximate surface area is 127 Å². The lowest BCUT2D eigenvalue weighted by atomic mass is 9.94. The Hall–Kier alpha value is -1.07. The molecule has 0 unspecified atom stereocenters. The molecule has 4 nitrogen and oxygen atoms in total. The minimum atomic E-state index is 0.115. The number of carbonyl (C=O) groups is 1. The van der Waals surface area contributed by atoms with Crippen LogP contribution in [-0.4, -0.2) is 43.6 Å². The van der Waals surface area contributed by atoms with E-state index in [4.69, 9.17) is 4.74 Å². The quantitative estimate of drug-likeness (QED) is 0.899. The summed E-state index contributed by atoms with van der Waals surface area (Å²) < 4.78 is 6.02. The highest BCUT2D eigenvalue weighted by Gasteiger charge is 2.36. The van der Waals surface area contributed by atoms with E-state index in [1.54, 1.807) is 7.11 Å². The zero-order valence-electron chi connectivity index (χ0n) is 11.6. The highest BCUT2D eigenvalue weighted by Crippen LogP contribution is 2.29. The van der Waals surface area contributed by atoms with Crippen molar-refractivity contribution in [3.05, 3.63) is 28.2 Å². The number of carbonyl (C=O) groups excluding carboxylic acids is 1. The first-order valence-corrected chi connectivity index (χ1v) is 7.84. The van der Waals surface area contributed by atoms with E-state index >= 15 is 0 Å². The molecule has 2 heterocycles. The second-order valence-corrected chi connectivity index (χ2v) is 6.38. The number of nitrogens with one attached hydrogen (secondary N) is 1. The van der Waals surface area contributed by atoms with Crippen LogP contribution in [0.4, 0.5) is 0 Å². The van der Waals surface area contributed by atoms with Crippen LogP contribution in [0.3, 0.4) is 0 Å². The number of piperidine rings is 1. The van der Waals surface area contributed by atoms with Crippen molar-refractivity contribution in [1.82, 2.24) is 10.2 Å². The lowest BCUT2D eigenvalue weighted by molar-refractivity contribution is 0.0785. The smallest absolute Gasteiger partial charge is 0.253 e. The Kier molecular flexibility index (Phi) is 3.98. The van der Waals surface area contributed by atoms with Gasteiger partial charge in [-0.05, 0) is 59.4 Å². The van der Waals surface area contributed by atoms with E-state index in [1.807, 2.05) is 23.1 Å². The molecule has 2 atom stereocenters. The maximum Gasteiger partial charge on any atom is 0.253 e. The average molecular weight is 339 g/mol. The number of benzene rings is 1. The molecule has 1 N–H and O–H groups in total. The summed E-state index contributed by atoms with van der Waals surface area (Å²) in [6.07, 6.45) is 2.45. The number of ether oxygens (including phenoxy) is 1. The topological polar surface area (TPSA) is 41.6 Å². The number of rotatable bonds is 2. The molecule has 5 heteroatoms. The molecule has 3 rings (SSSR count). The molecule has 1 aromatic carbocycles. The first kappa shape index (κ1) is 13.9. The van der Waals surface area contributed by atoms with Gasteiger partial charge >= 0.3 is 0 Å². The molecule has 0 saturated carbocycles. The van der Waals surface area contributed by atoms with Gasteiger partial charge in [0.25, 0.3) is 5.91 Å². The lowest BCUT2D eigenvalue weighted by Crippen LogP contribution is -2.41. The van der Waals surface area contributed by atoms with Crippen molar-refractivity contribution in [2.75, 3.05) is 26.7 Å². The van der Waals surface area contributed by atoms with E-state index in [9.17, 15) is 4.79 Å². The second-order valence-electron chi connectivity index (χ2n) is 5.52. The van der Waals surface area contributed by atoms with Gasteiger partial charge < -0.3 is 15.0 Å². The standard InChI is InChI=1S/C15H19BrN2O2/c1-20-14-5-4-10(7-12(14)16)15(19)18-8-11-3-2-6-17-13(11)9-18/h4-5,7,11,13,17H,2-3,6,8-9H2,1H3/t11-,13+/m0/s1. The van der Waals surface area contributed by atoms with E-state index in [0.717, 1.165) is 35.4 Å². The molecule has 0 aliphatic carbocycles. The van der Waals surface area contributed by atoms with Gasteiger partial charge in [0, 0.05) is 24.7 Å². The van der Waals surface area contributed by atoms with Gasteiger partial charge in [-0.3, -0.25) is 4.79 Å². The molecule has 1 aromatic rings. The molecule has 0 aromatic heterocycles. The summed E-state index contributed by atoms with van der Waals surface area (Å²) in [6, 6.07) is 5.99. The van der Waals surface area contributed by atoms with Gasteiger partial charge in [0.1, 0.15) is 5.75 Å². The summed E-state index contributed by atoms with van der Waals surface area (Å²) in [5.41, 5.74) is 0.719. The fourth-order valence-electron chi connectivity index (χ4n) is 3.19. The normalized spacial score (nSPS) is 25.4. The Morgan fingerprint density at radius 3 is 3.00 bits per heavy atom. The predicted octanol–water partition coefficient (Wildman–Crippen LogP) is 2.28. The first-order valence-electron chi connectivity index (χ1n) is 7.05. The van der Waals surface area contributed by atoms with Crippen LogP contribution in [-0.2, 0) is 0 Å².